The average molecular weight is 475 g/mol. The molecule has 2 atom stereocenters. The Morgan fingerprint density at radius 3 is 2.73 bits per heavy atom. The zero-order valence-electron chi connectivity index (χ0n) is 18.7. The summed E-state index contributed by atoms with van der Waals surface area (Å²) in [6, 6.07) is 6.64. The first-order chi connectivity index (χ1) is 15.6. The fourth-order valence-corrected chi connectivity index (χ4v) is 5.59. The second-order valence-corrected chi connectivity index (χ2v) is 11.4. The lowest BCUT2D eigenvalue weighted by atomic mass is 9.93. The minimum absolute atomic E-state index is 0.0165. The summed E-state index contributed by atoms with van der Waals surface area (Å²) in [7, 11) is -3.62. The van der Waals surface area contributed by atoms with Crippen LogP contribution in [0.15, 0.2) is 29.2 Å². The number of nitrogens with zero attached hydrogens (tertiary/aromatic N) is 2. The van der Waals surface area contributed by atoms with Gasteiger partial charge in [0.25, 0.3) is 0 Å². The maximum atomic E-state index is 14.8. The van der Waals surface area contributed by atoms with Crippen LogP contribution < -0.4 is 14.8 Å². The predicted molar refractivity (Wildman–Crippen MR) is 121 cm³/mol. The Kier molecular flexibility index (Phi) is 5.20. The third-order valence-corrected chi connectivity index (χ3v) is 7.72. The summed E-state index contributed by atoms with van der Waals surface area (Å²) in [6.45, 7) is 6.27. The van der Waals surface area contributed by atoms with E-state index in [0.29, 0.717) is 11.7 Å². The Labute approximate surface area is 191 Å². The van der Waals surface area contributed by atoms with Crippen LogP contribution in [0, 0.1) is 5.82 Å². The number of benzene rings is 1. The van der Waals surface area contributed by atoms with Gasteiger partial charge in [-0.15, -0.1) is 0 Å². The molecule has 1 aliphatic carbocycles. The summed E-state index contributed by atoms with van der Waals surface area (Å²) >= 11 is 0. The summed E-state index contributed by atoms with van der Waals surface area (Å²) in [5.41, 5.74) is 2.20. The van der Waals surface area contributed by atoms with Gasteiger partial charge in [-0.25, -0.2) is 22.6 Å². The van der Waals surface area contributed by atoms with E-state index in [9.17, 15) is 12.8 Å². The van der Waals surface area contributed by atoms with E-state index in [0.717, 1.165) is 30.7 Å². The van der Waals surface area contributed by atoms with Crippen LogP contribution in [0.4, 0.5) is 15.9 Å². The molecule has 1 saturated carbocycles. The fourth-order valence-electron chi connectivity index (χ4n) is 4.37. The predicted octanol–water partition coefficient (Wildman–Crippen LogP) is 3.82. The van der Waals surface area contributed by atoms with Crippen LogP contribution in [-0.4, -0.2) is 34.9 Å². The highest BCUT2D eigenvalue weighted by Gasteiger charge is 2.31. The molecule has 2 unspecified atom stereocenters. The SMILES string of the molecule is CC(C)(C)c1cc(OC2CCC(c3cc(Nc4ccc5c(c4F)CNS5(=O)=O)n[nH]3)C2)[nH]n1. The molecule has 0 bridgehead atoms. The van der Waals surface area contributed by atoms with Crippen molar-refractivity contribution in [2.75, 3.05) is 5.32 Å². The second kappa shape index (κ2) is 7.84. The molecule has 176 valence electrons. The lowest BCUT2D eigenvalue weighted by Crippen LogP contribution is -2.13. The van der Waals surface area contributed by atoms with E-state index in [4.69, 9.17) is 4.74 Å². The van der Waals surface area contributed by atoms with Crippen LogP contribution in [0.25, 0.3) is 0 Å². The number of H-pyrrole nitrogens is 2. The third kappa shape index (κ3) is 4.22. The van der Waals surface area contributed by atoms with E-state index in [1.165, 1.54) is 12.1 Å². The zero-order valence-corrected chi connectivity index (χ0v) is 19.5. The van der Waals surface area contributed by atoms with Crippen molar-refractivity contribution in [2.24, 2.45) is 0 Å². The van der Waals surface area contributed by atoms with Crippen molar-refractivity contribution >= 4 is 21.5 Å². The molecule has 11 heteroatoms. The number of rotatable bonds is 5. The van der Waals surface area contributed by atoms with Crippen molar-refractivity contribution in [1.29, 1.82) is 0 Å². The van der Waals surface area contributed by atoms with Gasteiger partial charge in [-0.2, -0.15) is 10.2 Å². The van der Waals surface area contributed by atoms with E-state index in [1.54, 1.807) is 0 Å². The number of hydrogen-bond acceptors (Lipinski definition) is 6. The van der Waals surface area contributed by atoms with E-state index in [-0.39, 0.29) is 40.1 Å². The molecule has 0 spiro atoms. The first kappa shape index (κ1) is 21.9. The number of halogens is 1. The van der Waals surface area contributed by atoms with Crippen molar-refractivity contribution in [3.05, 3.63) is 47.0 Å². The lowest BCUT2D eigenvalue weighted by Gasteiger charge is -2.14. The number of aromatic nitrogens is 4. The molecule has 9 nitrogen and oxygen atoms in total. The van der Waals surface area contributed by atoms with Crippen LogP contribution in [0.5, 0.6) is 5.88 Å². The van der Waals surface area contributed by atoms with E-state index < -0.39 is 15.8 Å². The number of anilines is 2. The van der Waals surface area contributed by atoms with E-state index in [1.807, 2.05) is 12.1 Å². The summed E-state index contributed by atoms with van der Waals surface area (Å²) in [4.78, 5) is -0.0165. The molecule has 3 heterocycles. The fraction of sp³-hybridized carbons (Fsp3) is 0.455. The Morgan fingerprint density at radius 2 is 1.97 bits per heavy atom. The van der Waals surface area contributed by atoms with Crippen molar-refractivity contribution < 1.29 is 17.5 Å². The summed E-state index contributed by atoms with van der Waals surface area (Å²) in [5, 5.41) is 17.6. The van der Waals surface area contributed by atoms with Crippen LogP contribution in [-0.2, 0) is 22.0 Å². The van der Waals surface area contributed by atoms with Gasteiger partial charge in [0, 0.05) is 41.3 Å². The molecule has 2 aliphatic rings. The molecule has 33 heavy (non-hydrogen) atoms. The van der Waals surface area contributed by atoms with Gasteiger partial charge in [0.05, 0.1) is 16.3 Å². The molecular formula is C22H27FN6O3S. The zero-order chi connectivity index (χ0) is 23.4. The van der Waals surface area contributed by atoms with Gasteiger partial charge in [0.15, 0.2) is 11.6 Å². The number of ether oxygens (including phenoxy) is 1. The first-order valence-electron chi connectivity index (χ1n) is 11.0. The summed E-state index contributed by atoms with van der Waals surface area (Å²) in [5.74, 6) is 0.822. The van der Waals surface area contributed by atoms with Crippen LogP contribution >= 0.6 is 0 Å². The molecule has 5 rings (SSSR count). The highest BCUT2D eigenvalue weighted by atomic mass is 32.2. The molecule has 0 amide bonds. The van der Waals surface area contributed by atoms with E-state index >= 15 is 0 Å². The van der Waals surface area contributed by atoms with Gasteiger partial charge in [-0.05, 0) is 31.4 Å². The maximum absolute atomic E-state index is 14.8. The highest BCUT2D eigenvalue weighted by molar-refractivity contribution is 7.89. The summed E-state index contributed by atoms with van der Waals surface area (Å²) < 4.78 is 47.0. The molecule has 1 fully saturated rings. The molecular weight excluding hydrogens is 447 g/mol. The first-order valence-corrected chi connectivity index (χ1v) is 12.4. The van der Waals surface area contributed by atoms with Crippen molar-refractivity contribution in [1.82, 2.24) is 25.1 Å². The molecule has 3 aromatic rings. The summed E-state index contributed by atoms with van der Waals surface area (Å²) in [6.07, 6.45) is 2.77. The van der Waals surface area contributed by atoms with Crippen molar-refractivity contribution in [3.8, 4) is 5.88 Å². The van der Waals surface area contributed by atoms with Crippen LogP contribution in [0.1, 0.15) is 62.9 Å². The Bertz CT molecular complexity index is 1290. The number of fused-ring (bicyclic) bond motifs is 1. The minimum Gasteiger partial charge on any atom is -0.475 e. The van der Waals surface area contributed by atoms with Crippen molar-refractivity contribution in [2.45, 2.75) is 68.9 Å². The smallest absolute Gasteiger partial charge is 0.241 e. The Balaban J connectivity index is 1.23. The molecule has 0 saturated heterocycles. The van der Waals surface area contributed by atoms with Crippen LogP contribution in [0.3, 0.4) is 0 Å². The van der Waals surface area contributed by atoms with Gasteiger partial charge >= 0.3 is 0 Å². The lowest BCUT2D eigenvalue weighted by molar-refractivity contribution is 0.199. The maximum Gasteiger partial charge on any atom is 0.241 e. The largest absolute Gasteiger partial charge is 0.475 e. The monoisotopic (exact) mass is 474 g/mol. The quantitative estimate of drug-likeness (QED) is 0.446. The second-order valence-electron chi connectivity index (χ2n) is 9.68. The van der Waals surface area contributed by atoms with Gasteiger partial charge in [0.2, 0.25) is 15.9 Å². The average Bonchev–Trinajstić information content (AvgIpc) is 3.51. The van der Waals surface area contributed by atoms with Crippen molar-refractivity contribution in [3.63, 3.8) is 0 Å². The van der Waals surface area contributed by atoms with Gasteiger partial charge in [0.1, 0.15) is 6.10 Å². The number of aromatic amines is 2. The Morgan fingerprint density at radius 1 is 1.15 bits per heavy atom. The topological polar surface area (TPSA) is 125 Å². The standard InChI is InChI=1S/C22H27FN6O3S/c1-22(2,3)18-10-20(29-27-18)32-13-5-4-12(8-13)16-9-19(28-26-16)25-15-6-7-17-14(21(15)23)11-24-33(17,30)31/h6-7,9-10,12-13,24H,4-5,8,11H2,1-3H3,(H,27,29)(H2,25,26,28). The number of sulfonamides is 1. The molecule has 2 aromatic heterocycles. The molecule has 1 aliphatic heterocycles. The number of hydrogen-bond donors (Lipinski definition) is 4. The van der Waals surface area contributed by atoms with Crippen LogP contribution in [0.2, 0.25) is 0 Å². The molecule has 4 N–H and O–H groups in total. The third-order valence-electron chi connectivity index (χ3n) is 6.23. The normalized spacial score (nSPS) is 21.8. The Hall–Kier alpha value is -2.92. The van der Waals surface area contributed by atoms with E-state index in [2.05, 4.69) is 51.2 Å². The molecule has 1 aromatic carbocycles. The molecule has 0 radical (unpaired) electrons. The van der Waals surface area contributed by atoms with Gasteiger partial charge < -0.3 is 10.1 Å². The minimum atomic E-state index is -3.62. The van der Waals surface area contributed by atoms with Gasteiger partial charge in [-0.1, -0.05) is 20.8 Å². The van der Waals surface area contributed by atoms with Gasteiger partial charge in [-0.3, -0.25) is 5.10 Å². The highest BCUT2D eigenvalue weighted by Crippen LogP contribution is 2.37. The number of nitrogens with one attached hydrogen (secondary N) is 4.